The van der Waals surface area contributed by atoms with Crippen LogP contribution < -0.4 is 0 Å². The van der Waals surface area contributed by atoms with Crippen molar-refractivity contribution in [3.05, 3.63) is 82.1 Å². The lowest BCUT2D eigenvalue weighted by Crippen LogP contribution is -2.05. The molecule has 0 saturated carbocycles. The van der Waals surface area contributed by atoms with Gasteiger partial charge in [0, 0.05) is 28.0 Å². The fourth-order valence-electron chi connectivity index (χ4n) is 2.56. The van der Waals surface area contributed by atoms with E-state index in [0.29, 0.717) is 38.2 Å². The van der Waals surface area contributed by atoms with Crippen molar-refractivity contribution in [1.82, 2.24) is 9.97 Å². The Labute approximate surface area is 164 Å². The number of carbonyl (C=O) groups is 1. The summed E-state index contributed by atoms with van der Waals surface area (Å²) in [5, 5.41) is 0.972. The highest BCUT2D eigenvalue weighted by atomic mass is 35.5. The molecule has 5 nitrogen and oxygen atoms in total. The van der Waals surface area contributed by atoms with Gasteiger partial charge in [-0.2, -0.15) is 0 Å². The van der Waals surface area contributed by atoms with Gasteiger partial charge in [0.25, 0.3) is 0 Å². The molecule has 0 aliphatic heterocycles. The van der Waals surface area contributed by atoms with Crippen LogP contribution in [0.4, 0.5) is 0 Å². The summed E-state index contributed by atoms with van der Waals surface area (Å²) in [6.07, 6.45) is 3.29. The molecule has 2 aromatic carbocycles. The molecule has 4 rings (SSSR count). The largest absolute Gasteiger partial charge is 0.457 e. The minimum Gasteiger partial charge on any atom is -0.457 e. The zero-order chi connectivity index (χ0) is 18.8. The van der Waals surface area contributed by atoms with Gasteiger partial charge in [0.2, 0.25) is 5.89 Å². The Morgan fingerprint density at radius 1 is 1.00 bits per heavy atom. The van der Waals surface area contributed by atoms with Crippen LogP contribution in [0.3, 0.4) is 0 Å². The predicted molar refractivity (Wildman–Crippen MR) is 103 cm³/mol. The Bertz CT molecular complexity index is 1110. The minimum absolute atomic E-state index is 0.169. The third-order valence-corrected chi connectivity index (χ3v) is 4.29. The first-order valence-electron chi connectivity index (χ1n) is 8.01. The second-order valence-corrected chi connectivity index (χ2v) is 6.66. The Morgan fingerprint density at radius 3 is 2.48 bits per heavy atom. The van der Waals surface area contributed by atoms with Crippen LogP contribution in [-0.2, 0) is 11.3 Å². The minimum atomic E-state index is -0.447. The number of aromatic nitrogens is 2. The van der Waals surface area contributed by atoms with Crippen LogP contribution in [0.2, 0.25) is 10.0 Å². The van der Waals surface area contributed by atoms with Gasteiger partial charge in [-0.3, -0.25) is 4.98 Å². The average Bonchev–Trinajstić information content (AvgIpc) is 3.09. The van der Waals surface area contributed by atoms with E-state index < -0.39 is 5.97 Å². The Kier molecular flexibility index (Phi) is 4.79. The summed E-state index contributed by atoms with van der Waals surface area (Å²) >= 11 is 12.1. The highest BCUT2D eigenvalue weighted by Gasteiger charge is 2.14. The zero-order valence-corrected chi connectivity index (χ0v) is 15.4. The fraction of sp³-hybridized carbons (Fsp3) is 0.0500. The van der Waals surface area contributed by atoms with E-state index in [9.17, 15) is 4.79 Å². The number of rotatable bonds is 4. The molecule has 0 spiro atoms. The van der Waals surface area contributed by atoms with Crippen LogP contribution in [0.1, 0.15) is 15.9 Å². The summed E-state index contributed by atoms with van der Waals surface area (Å²) in [6.45, 7) is 0.169. The van der Waals surface area contributed by atoms with Crippen molar-refractivity contribution < 1.29 is 13.9 Å². The number of hydrogen-bond acceptors (Lipinski definition) is 5. The maximum absolute atomic E-state index is 12.3. The Balaban J connectivity index is 1.58. The van der Waals surface area contributed by atoms with Gasteiger partial charge in [-0.1, -0.05) is 23.2 Å². The number of oxazole rings is 1. The van der Waals surface area contributed by atoms with E-state index in [-0.39, 0.29) is 6.61 Å². The molecule has 27 heavy (non-hydrogen) atoms. The third kappa shape index (κ3) is 3.94. The van der Waals surface area contributed by atoms with Crippen LogP contribution in [0, 0.1) is 0 Å². The molecule has 0 atom stereocenters. The van der Waals surface area contributed by atoms with Crippen molar-refractivity contribution in [1.29, 1.82) is 0 Å². The summed E-state index contributed by atoms with van der Waals surface area (Å²) < 4.78 is 11.1. The SMILES string of the molecule is O=C(OCc1ccncc1)c1ccc2nc(-c3cc(Cl)cc(Cl)c3)oc2c1. The molecular formula is C20H12Cl2N2O3. The van der Waals surface area contributed by atoms with Crippen molar-refractivity contribution in [2.75, 3.05) is 0 Å². The van der Waals surface area contributed by atoms with Gasteiger partial charge in [0.05, 0.1) is 5.56 Å². The Morgan fingerprint density at radius 2 is 1.74 bits per heavy atom. The molecule has 0 radical (unpaired) electrons. The number of nitrogens with zero attached hydrogens (tertiary/aromatic N) is 2. The summed E-state index contributed by atoms with van der Waals surface area (Å²) in [5.41, 5.74) is 2.99. The number of pyridine rings is 1. The van der Waals surface area contributed by atoms with Crippen molar-refractivity contribution in [2.24, 2.45) is 0 Å². The second kappa shape index (κ2) is 7.39. The van der Waals surface area contributed by atoms with E-state index in [0.717, 1.165) is 5.56 Å². The quantitative estimate of drug-likeness (QED) is 0.421. The van der Waals surface area contributed by atoms with Gasteiger partial charge in [-0.05, 0) is 54.1 Å². The second-order valence-electron chi connectivity index (χ2n) is 5.79. The van der Waals surface area contributed by atoms with E-state index in [1.807, 2.05) is 0 Å². The Hall–Kier alpha value is -2.89. The summed E-state index contributed by atoms with van der Waals surface area (Å²) in [7, 11) is 0. The van der Waals surface area contributed by atoms with Crippen molar-refractivity contribution in [2.45, 2.75) is 6.61 Å². The highest BCUT2D eigenvalue weighted by molar-refractivity contribution is 6.35. The number of halogens is 2. The zero-order valence-electron chi connectivity index (χ0n) is 13.9. The number of hydrogen-bond donors (Lipinski definition) is 0. The normalized spacial score (nSPS) is 10.9. The van der Waals surface area contributed by atoms with Crippen LogP contribution in [0.25, 0.3) is 22.6 Å². The van der Waals surface area contributed by atoms with Gasteiger partial charge >= 0.3 is 5.97 Å². The molecule has 0 N–H and O–H groups in total. The van der Waals surface area contributed by atoms with Gasteiger partial charge in [0.15, 0.2) is 5.58 Å². The van der Waals surface area contributed by atoms with E-state index in [1.165, 1.54) is 0 Å². The van der Waals surface area contributed by atoms with E-state index in [4.69, 9.17) is 32.4 Å². The predicted octanol–water partition coefficient (Wildman–Crippen LogP) is 5.55. The van der Waals surface area contributed by atoms with Crippen molar-refractivity contribution in [3.8, 4) is 11.5 Å². The van der Waals surface area contributed by atoms with E-state index in [1.54, 1.807) is 60.9 Å². The molecule has 0 unspecified atom stereocenters. The lowest BCUT2D eigenvalue weighted by Gasteiger charge is -2.04. The van der Waals surface area contributed by atoms with Crippen LogP contribution in [0.15, 0.2) is 65.3 Å². The van der Waals surface area contributed by atoms with Gasteiger partial charge < -0.3 is 9.15 Å². The van der Waals surface area contributed by atoms with Crippen LogP contribution in [-0.4, -0.2) is 15.9 Å². The standard InChI is InChI=1S/C20H12Cl2N2O3/c21-15-7-14(8-16(22)10-15)19-24-17-2-1-13(9-18(17)27-19)20(25)26-11-12-3-5-23-6-4-12/h1-10H,11H2. The molecule has 2 heterocycles. The van der Waals surface area contributed by atoms with Gasteiger partial charge in [0.1, 0.15) is 12.1 Å². The molecule has 7 heteroatoms. The first kappa shape index (κ1) is 17.5. The summed E-state index contributed by atoms with van der Waals surface area (Å²) in [5.74, 6) is -0.0748. The lowest BCUT2D eigenvalue weighted by atomic mass is 10.2. The highest BCUT2D eigenvalue weighted by Crippen LogP contribution is 2.29. The molecule has 134 valence electrons. The molecule has 0 aliphatic carbocycles. The van der Waals surface area contributed by atoms with Gasteiger partial charge in [-0.15, -0.1) is 0 Å². The number of esters is 1. The topological polar surface area (TPSA) is 65.2 Å². The van der Waals surface area contributed by atoms with Crippen LogP contribution in [0.5, 0.6) is 0 Å². The first-order valence-corrected chi connectivity index (χ1v) is 8.77. The molecule has 0 aliphatic rings. The molecule has 4 aromatic rings. The maximum Gasteiger partial charge on any atom is 0.338 e. The lowest BCUT2D eigenvalue weighted by molar-refractivity contribution is 0.0472. The molecular weight excluding hydrogens is 387 g/mol. The summed E-state index contributed by atoms with van der Waals surface area (Å²) in [6, 6.07) is 13.6. The fourth-order valence-corrected chi connectivity index (χ4v) is 3.09. The number of ether oxygens (including phenoxy) is 1. The van der Waals surface area contributed by atoms with Gasteiger partial charge in [-0.25, -0.2) is 9.78 Å². The third-order valence-electron chi connectivity index (χ3n) is 3.85. The number of fused-ring (bicyclic) bond motifs is 1. The average molecular weight is 399 g/mol. The number of carbonyl (C=O) groups excluding carboxylic acids is 1. The van der Waals surface area contributed by atoms with E-state index >= 15 is 0 Å². The molecule has 0 bridgehead atoms. The molecule has 0 saturated heterocycles. The summed E-state index contributed by atoms with van der Waals surface area (Å²) in [4.78, 5) is 20.6. The monoisotopic (exact) mass is 398 g/mol. The smallest absolute Gasteiger partial charge is 0.338 e. The van der Waals surface area contributed by atoms with Crippen molar-refractivity contribution >= 4 is 40.3 Å². The molecule has 2 aromatic heterocycles. The molecule has 0 fully saturated rings. The van der Waals surface area contributed by atoms with Crippen molar-refractivity contribution in [3.63, 3.8) is 0 Å². The maximum atomic E-state index is 12.3. The van der Waals surface area contributed by atoms with E-state index in [2.05, 4.69) is 9.97 Å². The van der Waals surface area contributed by atoms with Crippen LogP contribution >= 0.6 is 23.2 Å². The first-order chi connectivity index (χ1) is 13.1. The number of benzene rings is 2. The molecule has 0 amide bonds.